The molecule has 0 aromatic carbocycles. The van der Waals surface area contributed by atoms with E-state index in [0.29, 0.717) is 66.0 Å². The van der Waals surface area contributed by atoms with Crippen molar-refractivity contribution in [2.75, 3.05) is 66.0 Å². The smallest absolute Gasteiger partial charge is 0.111 e. The Balaban J connectivity index is 1.70. The molecule has 0 spiro atoms. The average Bonchev–Trinajstić information content (AvgIpc) is 2.56. The fourth-order valence-corrected chi connectivity index (χ4v) is 2.02. The van der Waals surface area contributed by atoms with Crippen molar-refractivity contribution in [3.63, 3.8) is 0 Å². The van der Waals surface area contributed by atoms with Gasteiger partial charge in [0.15, 0.2) is 0 Å². The molecule has 0 aliphatic heterocycles. The maximum atomic E-state index is 5.64. The summed E-state index contributed by atoms with van der Waals surface area (Å²) in [5.41, 5.74) is 5.30. The van der Waals surface area contributed by atoms with Gasteiger partial charge in [-0.1, -0.05) is 0 Å². The lowest BCUT2D eigenvalue weighted by Gasteiger charge is -2.14. The summed E-state index contributed by atoms with van der Waals surface area (Å²) in [5.74, 6) is 1.12. The van der Waals surface area contributed by atoms with Crippen molar-refractivity contribution in [1.82, 2.24) is 0 Å². The largest absolute Gasteiger partial charge is 0.496 e. The van der Waals surface area contributed by atoms with Gasteiger partial charge in [-0.15, -0.1) is 0 Å². The molecule has 1 aliphatic carbocycles. The number of rotatable bonds is 15. The summed E-state index contributed by atoms with van der Waals surface area (Å²) in [6, 6.07) is 0. The summed E-state index contributed by atoms with van der Waals surface area (Å²) in [6.07, 6.45) is 6.92. The molecule has 130 valence electrons. The summed E-state index contributed by atoms with van der Waals surface area (Å²) in [5, 5.41) is 0. The molecule has 1 rings (SSSR count). The number of ether oxygens (including phenoxy) is 5. The van der Waals surface area contributed by atoms with Gasteiger partial charge in [0.05, 0.1) is 58.6 Å². The van der Waals surface area contributed by atoms with Crippen LogP contribution in [-0.2, 0) is 23.7 Å². The summed E-state index contributed by atoms with van der Waals surface area (Å²) < 4.78 is 27.0. The van der Waals surface area contributed by atoms with Gasteiger partial charge in [0.1, 0.15) is 6.61 Å². The zero-order chi connectivity index (χ0) is 15.7. The number of hydrogen-bond acceptors (Lipinski definition) is 6. The highest BCUT2D eigenvalue weighted by Gasteiger charge is 2.03. The van der Waals surface area contributed by atoms with Gasteiger partial charge in [-0.25, -0.2) is 0 Å². The molecular formula is C16H31NO5. The normalized spacial score (nSPS) is 14.9. The number of nitrogens with two attached hydrogens (primary N) is 1. The van der Waals surface area contributed by atoms with Crippen molar-refractivity contribution in [3.05, 3.63) is 11.8 Å². The van der Waals surface area contributed by atoms with E-state index < -0.39 is 0 Å². The van der Waals surface area contributed by atoms with Gasteiger partial charge in [-0.3, -0.25) is 0 Å². The van der Waals surface area contributed by atoms with Crippen LogP contribution in [0.15, 0.2) is 11.8 Å². The molecular weight excluding hydrogens is 286 g/mol. The second-order valence-electron chi connectivity index (χ2n) is 5.00. The summed E-state index contributed by atoms with van der Waals surface area (Å²) in [4.78, 5) is 0. The predicted molar refractivity (Wildman–Crippen MR) is 84.8 cm³/mol. The van der Waals surface area contributed by atoms with E-state index in [0.717, 1.165) is 18.6 Å². The molecule has 6 heteroatoms. The second-order valence-corrected chi connectivity index (χ2v) is 5.00. The van der Waals surface area contributed by atoms with Gasteiger partial charge in [0.2, 0.25) is 0 Å². The zero-order valence-corrected chi connectivity index (χ0v) is 13.6. The van der Waals surface area contributed by atoms with Crippen molar-refractivity contribution in [3.8, 4) is 0 Å². The Morgan fingerprint density at radius 3 is 1.77 bits per heavy atom. The maximum Gasteiger partial charge on any atom is 0.111 e. The minimum atomic E-state index is 0.547. The van der Waals surface area contributed by atoms with Crippen LogP contribution in [0.2, 0.25) is 0 Å². The molecule has 0 saturated heterocycles. The molecule has 1 aliphatic rings. The van der Waals surface area contributed by atoms with E-state index >= 15 is 0 Å². The van der Waals surface area contributed by atoms with Crippen LogP contribution in [0.3, 0.4) is 0 Å². The van der Waals surface area contributed by atoms with Gasteiger partial charge >= 0.3 is 0 Å². The Labute approximate surface area is 133 Å². The van der Waals surface area contributed by atoms with Gasteiger partial charge < -0.3 is 29.4 Å². The van der Waals surface area contributed by atoms with Crippen molar-refractivity contribution < 1.29 is 23.7 Å². The highest BCUT2D eigenvalue weighted by Crippen LogP contribution is 2.17. The predicted octanol–water partition coefficient (Wildman–Crippen LogP) is 1.49. The maximum absolute atomic E-state index is 5.64. The topological polar surface area (TPSA) is 72.2 Å². The van der Waals surface area contributed by atoms with Crippen LogP contribution in [0.5, 0.6) is 0 Å². The Morgan fingerprint density at radius 1 is 0.727 bits per heavy atom. The van der Waals surface area contributed by atoms with Gasteiger partial charge in [0, 0.05) is 13.0 Å². The number of allylic oxidation sites excluding steroid dienone is 2. The monoisotopic (exact) mass is 317 g/mol. The van der Waals surface area contributed by atoms with Crippen LogP contribution >= 0.6 is 0 Å². The summed E-state index contributed by atoms with van der Waals surface area (Å²) >= 11 is 0. The molecule has 0 bridgehead atoms. The summed E-state index contributed by atoms with van der Waals surface area (Å²) in [6.45, 7) is 5.83. The van der Waals surface area contributed by atoms with Crippen LogP contribution < -0.4 is 5.73 Å². The third-order valence-corrected chi connectivity index (χ3v) is 3.14. The van der Waals surface area contributed by atoms with Gasteiger partial charge in [-0.2, -0.15) is 0 Å². The van der Waals surface area contributed by atoms with E-state index in [1.807, 2.05) is 0 Å². The first-order chi connectivity index (χ1) is 10.9. The van der Waals surface area contributed by atoms with Gasteiger partial charge in [0.25, 0.3) is 0 Å². The molecule has 0 saturated carbocycles. The molecule has 0 aromatic rings. The number of hydrogen-bond donors (Lipinski definition) is 1. The lowest BCUT2D eigenvalue weighted by atomic mass is 10.1. The lowest BCUT2D eigenvalue weighted by Crippen LogP contribution is -2.14. The quantitative estimate of drug-likeness (QED) is 0.461. The molecule has 0 radical (unpaired) electrons. The Morgan fingerprint density at radius 2 is 1.27 bits per heavy atom. The van der Waals surface area contributed by atoms with Crippen LogP contribution in [0.1, 0.15) is 25.7 Å². The van der Waals surface area contributed by atoms with E-state index in [1.54, 1.807) is 0 Å². The molecule has 0 aromatic heterocycles. The molecule has 0 unspecified atom stereocenters. The minimum Gasteiger partial charge on any atom is -0.496 e. The van der Waals surface area contributed by atoms with Crippen molar-refractivity contribution in [2.45, 2.75) is 25.7 Å². The first-order valence-corrected chi connectivity index (χ1v) is 8.26. The minimum absolute atomic E-state index is 0.547. The third kappa shape index (κ3) is 11.9. The zero-order valence-electron chi connectivity index (χ0n) is 13.6. The molecule has 2 N–H and O–H groups in total. The second kappa shape index (κ2) is 15.2. The van der Waals surface area contributed by atoms with E-state index in [4.69, 9.17) is 29.4 Å². The molecule has 0 atom stereocenters. The van der Waals surface area contributed by atoms with Crippen molar-refractivity contribution >= 4 is 0 Å². The van der Waals surface area contributed by atoms with E-state index in [-0.39, 0.29) is 0 Å². The van der Waals surface area contributed by atoms with E-state index in [9.17, 15) is 0 Å². The van der Waals surface area contributed by atoms with E-state index in [1.165, 1.54) is 12.8 Å². The van der Waals surface area contributed by atoms with Crippen LogP contribution in [0, 0.1) is 0 Å². The Hall–Kier alpha value is -0.660. The first kappa shape index (κ1) is 19.4. The highest BCUT2D eigenvalue weighted by molar-refractivity contribution is 4.96. The van der Waals surface area contributed by atoms with Crippen LogP contribution in [0.25, 0.3) is 0 Å². The third-order valence-electron chi connectivity index (χ3n) is 3.14. The average molecular weight is 317 g/mol. The Kier molecular flexibility index (Phi) is 13.4. The molecule has 0 fully saturated rings. The molecule has 0 heterocycles. The SMILES string of the molecule is NCCOCCOCCOCCOCCOC1=CCCCC1. The van der Waals surface area contributed by atoms with Crippen molar-refractivity contribution in [1.29, 1.82) is 0 Å². The molecule has 6 nitrogen and oxygen atoms in total. The fraction of sp³-hybridized carbons (Fsp3) is 0.875. The van der Waals surface area contributed by atoms with Gasteiger partial charge in [-0.05, 0) is 25.3 Å². The van der Waals surface area contributed by atoms with Crippen molar-refractivity contribution in [2.24, 2.45) is 5.73 Å². The molecule has 22 heavy (non-hydrogen) atoms. The van der Waals surface area contributed by atoms with E-state index in [2.05, 4.69) is 6.08 Å². The highest BCUT2D eigenvalue weighted by atomic mass is 16.6. The van der Waals surface area contributed by atoms with Crippen LogP contribution in [-0.4, -0.2) is 66.0 Å². The molecule has 0 amide bonds. The first-order valence-electron chi connectivity index (χ1n) is 8.26. The summed E-state index contributed by atoms with van der Waals surface area (Å²) in [7, 11) is 0. The Bertz CT molecular complexity index is 273. The lowest BCUT2D eigenvalue weighted by molar-refractivity contribution is -0.00684. The fourth-order valence-electron chi connectivity index (χ4n) is 2.02. The standard InChI is InChI=1S/C16H31NO5/c17-6-7-18-8-9-19-10-11-20-12-13-21-14-15-22-16-4-2-1-3-5-16/h4H,1-3,5-15,17H2. The van der Waals surface area contributed by atoms with Crippen LogP contribution in [0.4, 0.5) is 0 Å².